The Kier molecular flexibility index (Phi) is 6.19. The molecule has 1 aromatic rings. The number of hydrogen-bond donors (Lipinski definition) is 0. The van der Waals surface area contributed by atoms with Gasteiger partial charge in [-0.05, 0) is 62.8 Å². The van der Waals surface area contributed by atoms with Crippen LogP contribution in [0.1, 0.15) is 63.2 Å². The lowest BCUT2D eigenvalue weighted by molar-refractivity contribution is -0.146. The predicted molar refractivity (Wildman–Crippen MR) is 121 cm³/mol. The number of hydrogen-bond acceptors (Lipinski definition) is 4. The zero-order chi connectivity index (χ0) is 21.3. The number of amides is 1. The van der Waals surface area contributed by atoms with Crippen LogP contribution in [-0.4, -0.2) is 66.8 Å². The van der Waals surface area contributed by atoms with Crippen molar-refractivity contribution in [3.8, 4) is 0 Å². The van der Waals surface area contributed by atoms with Gasteiger partial charge in [0.15, 0.2) is 5.78 Å². The first-order valence-corrected chi connectivity index (χ1v) is 11.8. The molecule has 2 heterocycles. The van der Waals surface area contributed by atoms with E-state index in [4.69, 9.17) is 0 Å². The van der Waals surface area contributed by atoms with Gasteiger partial charge in [-0.2, -0.15) is 0 Å². The van der Waals surface area contributed by atoms with Gasteiger partial charge in [-0.3, -0.25) is 14.5 Å². The number of piperidine rings is 1. The van der Waals surface area contributed by atoms with Crippen LogP contribution in [0, 0.1) is 11.3 Å². The highest BCUT2D eigenvalue weighted by Crippen LogP contribution is 2.38. The topological polar surface area (TPSA) is 43.9 Å². The maximum Gasteiger partial charge on any atom is 0.228 e. The molecule has 1 amide bonds. The van der Waals surface area contributed by atoms with E-state index in [0.29, 0.717) is 11.8 Å². The first-order valence-electron chi connectivity index (χ1n) is 11.8. The molecule has 5 nitrogen and oxygen atoms in total. The number of ketones is 1. The predicted octanol–water partition coefficient (Wildman–Crippen LogP) is 3.83. The van der Waals surface area contributed by atoms with E-state index in [0.717, 1.165) is 63.7 Å². The quantitative estimate of drug-likeness (QED) is 0.691. The third kappa shape index (κ3) is 4.27. The SMILES string of the molecule is CC(=O)c1ccc(N2CCC(C(C)(C)C(=O)N3CCN(C4CCC4)CC3)CC2)cc1. The summed E-state index contributed by atoms with van der Waals surface area (Å²) in [6.45, 7) is 11.7. The van der Waals surface area contributed by atoms with Crippen molar-refractivity contribution in [2.75, 3.05) is 44.2 Å². The number of carbonyl (C=O) groups excluding carboxylic acids is 2. The van der Waals surface area contributed by atoms with Gasteiger partial charge in [-0.1, -0.05) is 20.3 Å². The first-order chi connectivity index (χ1) is 14.4. The van der Waals surface area contributed by atoms with Crippen molar-refractivity contribution in [2.45, 2.75) is 58.9 Å². The van der Waals surface area contributed by atoms with Gasteiger partial charge < -0.3 is 9.80 Å². The van der Waals surface area contributed by atoms with E-state index in [1.54, 1.807) is 6.92 Å². The van der Waals surface area contributed by atoms with E-state index in [9.17, 15) is 9.59 Å². The average Bonchev–Trinajstić information content (AvgIpc) is 2.73. The molecule has 3 aliphatic rings. The smallest absolute Gasteiger partial charge is 0.228 e. The van der Waals surface area contributed by atoms with E-state index >= 15 is 0 Å². The minimum absolute atomic E-state index is 0.106. The zero-order valence-electron chi connectivity index (χ0n) is 18.9. The Bertz CT molecular complexity index is 753. The summed E-state index contributed by atoms with van der Waals surface area (Å²) in [6.07, 6.45) is 6.13. The van der Waals surface area contributed by atoms with Crippen LogP contribution < -0.4 is 4.90 Å². The zero-order valence-corrected chi connectivity index (χ0v) is 18.9. The van der Waals surface area contributed by atoms with Gasteiger partial charge in [0, 0.05) is 62.0 Å². The molecule has 3 fully saturated rings. The highest BCUT2D eigenvalue weighted by Gasteiger charge is 2.42. The molecule has 2 saturated heterocycles. The maximum atomic E-state index is 13.4. The lowest BCUT2D eigenvalue weighted by atomic mass is 9.72. The molecule has 0 radical (unpaired) electrons. The van der Waals surface area contributed by atoms with Crippen LogP contribution in [0.4, 0.5) is 5.69 Å². The minimum atomic E-state index is -0.302. The molecule has 1 aromatic carbocycles. The Morgan fingerprint density at radius 3 is 1.97 bits per heavy atom. The van der Waals surface area contributed by atoms with Gasteiger partial charge in [0.25, 0.3) is 0 Å². The van der Waals surface area contributed by atoms with Crippen molar-refractivity contribution >= 4 is 17.4 Å². The van der Waals surface area contributed by atoms with Crippen LogP contribution in [0.2, 0.25) is 0 Å². The first kappa shape index (κ1) is 21.4. The minimum Gasteiger partial charge on any atom is -0.372 e. The molecule has 0 N–H and O–H groups in total. The summed E-state index contributed by atoms with van der Waals surface area (Å²) in [6, 6.07) is 8.72. The van der Waals surface area contributed by atoms with Crippen LogP contribution in [0.5, 0.6) is 0 Å². The summed E-state index contributed by atoms with van der Waals surface area (Å²) in [5.41, 5.74) is 1.64. The fourth-order valence-corrected chi connectivity index (χ4v) is 5.39. The summed E-state index contributed by atoms with van der Waals surface area (Å²) in [5.74, 6) is 0.872. The lowest BCUT2D eigenvalue weighted by Gasteiger charge is -2.46. The van der Waals surface area contributed by atoms with Crippen LogP contribution in [0.3, 0.4) is 0 Å². The second kappa shape index (κ2) is 8.70. The molecular weight excluding hydrogens is 374 g/mol. The largest absolute Gasteiger partial charge is 0.372 e. The summed E-state index contributed by atoms with van der Waals surface area (Å²) in [4.78, 5) is 32.0. The molecule has 2 aliphatic heterocycles. The molecule has 4 rings (SSSR count). The highest BCUT2D eigenvalue weighted by molar-refractivity contribution is 5.94. The van der Waals surface area contributed by atoms with Gasteiger partial charge in [0.2, 0.25) is 5.91 Å². The van der Waals surface area contributed by atoms with Crippen LogP contribution >= 0.6 is 0 Å². The molecule has 164 valence electrons. The lowest BCUT2D eigenvalue weighted by Crippen LogP contribution is -2.57. The summed E-state index contributed by atoms with van der Waals surface area (Å²) < 4.78 is 0. The Balaban J connectivity index is 1.30. The summed E-state index contributed by atoms with van der Waals surface area (Å²) in [5, 5.41) is 0. The number of nitrogens with zero attached hydrogens (tertiary/aromatic N) is 3. The fourth-order valence-electron chi connectivity index (χ4n) is 5.39. The second-order valence-electron chi connectivity index (χ2n) is 10.00. The van der Waals surface area contributed by atoms with E-state index in [2.05, 4.69) is 40.7 Å². The number of rotatable bonds is 5. The molecule has 1 saturated carbocycles. The summed E-state index contributed by atoms with van der Waals surface area (Å²) in [7, 11) is 0. The van der Waals surface area contributed by atoms with Gasteiger partial charge in [-0.25, -0.2) is 0 Å². The molecule has 0 atom stereocenters. The van der Waals surface area contributed by atoms with Crippen LogP contribution in [-0.2, 0) is 4.79 Å². The number of benzene rings is 1. The molecule has 0 unspecified atom stereocenters. The Labute approximate surface area is 181 Å². The molecule has 0 aromatic heterocycles. The van der Waals surface area contributed by atoms with Gasteiger partial charge >= 0.3 is 0 Å². The van der Waals surface area contributed by atoms with Crippen molar-refractivity contribution in [2.24, 2.45) is 11.3 Å². The van der Waals surface area contributed by atoms with E-state index in [-0.39, 0.29) is 11.2 Å². The Hall–Kier alpha value is -1.88. The number of carbonyl (C=O) groups is 2. The van der Waals surface area contributed by atoms with Crippen LogP contribution in [0.15, 0.2) is 24.3 Å². The Morgan fingerprint density at radius 2 is 1.47 bits per heavy atom. The van der Waals surface area contributed by atoms with E-state index in [1.807, 2.05) is 12.1 Å². The number of piperazine rings is 1. The molecule has 30 heavy (non-hydrogen) atoms. The van der Waals surface area contributed by atoms with Crippen LogP contribution in [0.25, 0.3) is 0 Å². The number of anilines is 1. The molecule has 0 bridgehead atoms. The standard InChI is InChI=1S/C25H37N3O2/c1-19(29)20-7-9-23(10-8-20)26-13-11-21(12-14-26)25(2,3)24(30)28-17-15-27(16-18-28)22-5-4-6-22/h7-10,21-22H,4-6,11-18H2,1-3H3. The molecule has 1 aliphatic carbocycles. The third-order valence-electron chi connectivity index (χ3n) is 7.90. The fraction of sp³-hybridized carbons (Fsp3) is 0.680. The highest BCUT2D eigenvalue weighted by atomic mass is 16.2. The molecular formula is C25H37N3O2. The molecule has 5 heteroatoms. The third-order valence-corrected chi connectivity index (χ3v) is 7.90. The second-order valence-corrected chi connectivity index (χ2v) is 10.00. The average molecular weight is 412 g/mol. The van der Waals surface area contributed by atoms with Crippen molar-refractivity contribution in [1.82, 2.24) is 9.80 Å². The van der Waals surface area contributed by atoms with Gasteiger partial charge in [0.1, 0.15) is 0 Å². The van der Waals surface area contributed by atoms with Crippen molar-refractivity contribution in [3.05, 3.63) is 29.8 Å². The monoisotopic (exact) mass is 411 g/mol. The van der Waals surface area contributed by atoms with Crippen molar-refractivity contribution < 1.29 is 9.59 Å². The van der Waals surface area contributed by atoms with E-state index < -0.39 is 0 Å². The summed E-state index contributed by atoms with van der Waals surface area (Å²) >= 11 is 0. The van der Waals surface area contributed by atoms with Crippen molar-refractivity contribution in [1.29, 1.82) is 0 Å². The van der Waals surface area contributed by atoms with Gasteiger partial charge in [-0.15, -0.1) is 0 Å². The maximum absolute atomic E-state index is 13.4. The van der Waals surface area contributed by atoms with Gasteiger partial charge in [0.05, 0.1) is 0 Å². The Morgan fingerprint density at radius 1 is 0.867 bits per heavy atom. The normalized spacial score (nSPS) is 22.1. The number of Topliss-reactive ketones (excluding diaryl/α,β-unsaturated/α-hetero) is 1. The van der Waals surface area contributed by atoms with Crippen molar-refractivity contribution in [3.63, 3.8) is 0 Å². The molecule has 0 spiro atoms. The van der Waals surface area contributed by atoms with E-state index in [1.165, 1.54) is 24.9 Å².